The number of cyclic esters (lactones) is 1. The summed E-state index contributed by atoms with van der Waals surface area (Å²) in [5.41, 5.74) is -0.637. The molecule has 3 rings (SSSR count). The van der Waals surface area contributed by atoms with E-state index in [-0.39, 0.29) is 17.1 Å². The van der Waals surface area contributed by atoms with Crippen LogP contribution in [0.15, 0.2) is 70.2 Å². The normalized spacial score (nSPS) is 20.8. The van der Waals surface area contributed by atoms with Gasteiger partial charge >= 0.3 is 5.97 Å². The molecule has 0 aliphatic carbocycles. The quantitative estimate of drug-likeness (QED) is 0.803. The number of carbonyl (C=O) groups excluding carboxylic acids is 1. The van der Waals surface area contributed by atoms with E-state index in [0.29, 0.717) is 15.5 Å². The lowest BCUT2D eigenvalue weighted by Gasteiger charge is -2.35. The Balaban J connectivity index is 1.94. The molecular weight excluding hydrogens is 348 g/mol. The molecule has 1 aliphatic heterocycles. The Hall–Kier alpha value is -1.95. The zero-order valence-corrected chi connectivity index (χ0v) is 14.2. The van der Waals surface area contributed by atoms with Crippen molar-refractivity contribution in [2.24, 2.45) is 0 Å². The largest absolute Gasteiger partial charge is 0.511 e. The van der Waals surface area contributed by atoms with Crippen LogP contribution in [0.2, 0.25) is 5.02 Å². The number of ether oxygens (including phenoxy) is 1. The van der Waals surface area contributed by atoms with Crippen LogP contribution in [0.5, 0.6) is 0 Å². The van der Waals surface area contributed by atoms with Gasteiger partial charge in [-0.25, -0.2) is 4.79 Å². The summed E-state index contributed by atoms with van der Waals surface area (Å²) in [5.74, 6) is -0.796. The van der Waals surface area contributed by atoms with Crippen molar-refractivity contribution in [3.8, 4) is 0 Å². The van der Waals surface area contributed by atoms with E-state index in [0.717, 1.165) is 11.8 Å². The van der Waals surface area contributed by atoms with Crippen molar-refractivity contribution in [1.29, 1.82) is 0 Å². The van der Waals surface area contributed by atoms with E-state index in [4.69, 9.17) is 16.3 Å². The van der Waals surface area contributed by atoms with Gasteiger partial charge in [0.25, 0.3) is 0 Å². The first-order valence-electron chi connectivity index (χ1n) is 7.30. The number of hydrogen-bond acceptors (Lipinski definition) is 5. The van der Waals surface area contributed by atoms with Gasteiger partial charge in [0.2, 0.25) is 0 Å². The highest BCUT2D eigenvalue weighted by Gasteiger charge is 2.43. The van der Waals surface area contributed by atoms with Crippen LogP contribution in [0.3, 0.4) is 0 Å². The number of rotatable bonds is 4. The Morgan fingerprint density at radius 3 is 2.42 bits per heavy atom. The summed E-state index contributed by atoms with van der Waals surface area (Å²) in [6.45, 7) is -0.420. The molecule has 0 fully saturated rings. The van der Waals surface area contributed by atoms with E-state index in [2.05, 4.69) is 0 Å². The summed E-state index contributed by atoms with van der Waals surface area (Å²) in [4.78, 5) is 13.2. The SMILES string of the molecule is O=C1OC(CO)(c2ccccc2)CC(O)=C1Sc1ccccc1Cl. The predicted molar refractivity (Wildman–Crippen MR) is 92.9 cm³/mol. The van der Waals surface area contributed by atoms with Gasteiger partial charge in [0, 0.05) is 4.90 Å². The predicted octanol–water partition coefficient (Wildman–Crippen LogP) is 4.04. The van der Waals surface area contributed by atoms with Gasteiger partial charge in [-0.1, -0.05) is 65.8 Å². The minimum absolute atomic E-state index is 0.00599. The summed E-state index contributed by atoms with van der Waals surface area (Å²) in [7, 11) is 0. The number of hydrogen-bond donors (Lipinski definition) is 2. The monoisotopic (exact) mass is 362 g/mol. The highest BCUT2D eigenvalue weighted by molar-refractivity contribution is 8.04. The lowest BCUT2D eigenvalue weighted by Crippen LogP contribution is -2.40. The first kappa shape index (κ1) is 16.9. The smallest absolute Gasteiger partial charge is 0.349 e. The first-order valence-corrected chi connectivity index (χ1v) is 8.49. The summed E-state index contributed by atoms with van der Waals surface area (Å²) >= 11 is 7.16. The van der Waals surface area contributed by atoms with Crippen LogP contribution in [-0.2, 0) is 15.1 Å². The molecule has 0 saturated carbocycles. The van der Waals surface area contributed by atoms with Gasteiger partial charge in [0.05, 0.1) is 18.1 Å². The number of carbonyl (C=O) groups is 1. The molecule has 124 valence electrons. The molecule has 1 atom stereocenters. The second-order valence-electron chi connectivity index (χ2n) is 5.39. The van der Waals surface area contributed by atoms with Crippen LogP contribution in [-0.4, -0.2) is 22.8 Å². The molecule has 0 spiro atoms. The van der Waals surface area contributed by atoms with Crippen molar-refractivity contribution in [2.75, 3.05) is 6.61 Å². The summed E-state index contributed by atoms with van der Waals surface area (Å²) < 4.78 is 5.53. The maximum Gasteiger partial charge on any atom is 0.349 e. The van der Waals surface area contributed by atoms with Crippen LogP contribution < -0.4 is 0 Å². The van der Waals surface area contributed by atoms with E-state index in [1.165, 1.54) is 0 Å². The number of esters is 1. The van der Waals surface area contributed by atoms with Crippen LogP contribution >= 0.6 is 23.4 Å². The van der Waals surface area contributed by atoms with Crippen LogP contribution in [0.1, 0.15) is 12.0 Å². The van der Waals surface area contributed by atoms with Crippen molar-refractivity contribution in [3.05, 3.63) is 75.8 Å². The lowest BCUT2D eigenvalue weighted by molar-refractivity contribution is -0.164. The Morgan fingerprint density at radius 1 is 1.12 bits per heavy atom. The van der Waals surface area contributed by atoms with Gasteiger partial charge < -0.3 is 14.9 Å². The number of thioether (sulfide) groups is 1. The van der Waals surface area contributed by atoms with Crippen molar-refractivity contribution >= 4 is 29.3 Å². The molecule has 0 bridgehead atoms. The molecule has 0 radical (unpaired) electrons. The molecule has 24 heavy (non-hydrogen) atoms. The molecule has 1 aliphatic rings. The summed E-state index contributed by atoms with van der Waals surface area (Å²) in [5, 5.41) is 20.7. The van der Waals surface area contributed by atoms with Crippen LogP contribution in [0.4, 0.5) is 0 Å². The fraction of sp³-hybridized carbons (Fsp3) is 0.167. The molecule has 4 nitrogen and oxygen atoms in total. The topological polar surface area (TPSA) is 66.8 Å². The van der Waals surface area contributed by atoms with E-state index >= 15 is 0 Å². The molecule has 0 aromatic heterocycles. The average molecular weight is 363 g/mol. The second kappa shape index (κ2) is 6.89. The third kappa shape index (κ3) is 3.15. The molecule has 0 amide bonds. The highest BCUT2D eigenvalue weighted by atomic mass is 35.5. The molecule has 1 heterocycles. The number of halogens is 1. The molecule has 2 N–H and O–H groups in total. The maximum absolute atomic E-state index is 12.5. The fourth-order valence-corrected chi connectivity index (χ4v) is 3.65. The third-order valence-electron chi connectivity index (χ3n) is 3.79. The Kier molecular flexibility index (Phi) is 4.85. The Labute approximate surface area is 148 Å². The number of aliphatic hydroxyl groups is 2. The first-order chi connectivity index (χ1) is 11.6. The zero-order chi connectivity index (χ0) is 17.2. The summed E-state index contributed by atoms with van der Waals surface area (Å²) in [6.07, 6.45) is 0.00599. The molecule has 2 aromatic rings. The molecule has 1 unspecified atom stereocenters. The van der Waals surface area contributed by atoms with Crippen LogP contribution in [0.25, 0.3) is 0 Å². The standard InChI is InChI=1S/C18H15ClO4S/c19-13-8-4-5-9-15(13)24-16-14(21)10-18(11-20,23-17(16)22)12-6-2-1-3-7-12/h1-9,20-21H,10-11H2. The van der Waals surface area contributed by atoms with Gasteiger partial charge in [0.1, 0.15) is 10.7 Å². The minimum atomic E-state index is -1.27. The maximum atomic E-state index is 12.5. The average Bonchev–Trinajstić information content (AvgIpc) is 2.60. The molecule has 6 heteroatoms. The highest BCUT2D eigenvalue weighted by Crippen LogP contribution is 2.43. The zero-order valence-electron chi connectivity index (χ0n) is 12.6. The minimum Gasteiger partial charge on any atom is -0.511 e. The van der Waals surface area contributed by atoms with Gasteiger partial charge in [-0.2, -0.15) is 0 Å². The van der Waals surface area contributed by atoms with Gasteiger partial charge in [0.15, 0.2) is 5.60 Å². The Morgan fingerprint density at radius 2 is 1.79 bits per heavy atom. The van der Waals surface area contributed by atoms with E-state index in [1.807, 2.05) is 6.07 Å². The van der Waals surface area contributed by atoms with E-state index < -0.39 is 18.2 Å². The van der Waals surface area contributed by atoms with Gasteiger partial charge in [-0.15, -0.1) is 0 Å². The Bertz CT molecular complexity index is 791. The van der Waals surface area contributed by atoms with Crippen molar-refractivity contribution in [1.82, 2.24) is 0 Å². The summed E-state index contributed by atoms with van der Waals surface area (Å²) in [6, 6.07) is 15.9. The lowest BCUT2D eigenvalue weighted by atomic mass is 9.88. The van der Waals surface area contributed by atoms with E-state index in [9.17, 15) is 15.0 Å². The molecule has 2 aromatic carbocycles. The van der Waals surface area contributed by atoms with Crippen molar-refractivity contribution in [3.63, 3.8) is 0 Å². The molecule has 0 saturated heterocycles. The fourth-order valence-electron chi connectivity index (χ4n) is 2.55. The third-order valence-corrected chi connectivity index (χ3v) is 5.42. The number of benzene rings is 2. The molecular formula is C18H15ClO4S. The van der Waals surface area contributed by atoms with E-state index in [1.54, 1.807) is 48.5 Å². The van der Waals surface area contributed by atoms with Crippen LogP contribution in [0, 0.1) is 0 Å². The van der Waals surface area contributed by atoms with Gasteiger partial charge in [-0.3, -0.25) is 0 Å². The second-order valence-corrected chi connectivity index (χ2v) is 6.85. The van der Waals surface area contributed by atoms with Gasteiger partial charge in [-0.05, 0) is 17.7 Å². The number of aliphatic hydroxyl groups excluding tert-OH is 2. The van der Waals surface area contributed by atoms with Crippen molar-refractivity contribution < 1.29 is 19.7 Å². The van der Waals surface area contributed by atoms with Crippen molar-refractivity contribution in [2.45, 2.75) is 16.9 Å².